The van der Waals surface area contributed by atoms with Gasteiger partial charge in [-0.15, -0.1) is 12.8 Å². The molecule has 92 valence electrons. The fraction of sp³-hybridized carbons (Fsp3) is 0.667. The SMILES string of the molecule is [CH2-]C([CH2-])(CC)COCC([CH2-])([CH2-])CC.[Y].[Y].[Y].[Y]. The third kappa shape index (κ3) is 20.4. The fourth-order valence-electron chi connectivity index (χ4n) is 0.688. The molecule has 1 nitrogen and oxygen atoms in total. The van der Waals surface area contributed by atoms with Crippen LogP contribution in [-0.2, 0) is 136 Å². The van der Waals surface area contributed by atoms with Crippen molar-refractivity contribution >= 4 is 0 Å². The fourth-order valence-corrected chi connectivity index (χ4v) is 0.688. The van der Waals surface area contributed by atoms with E-state index >= 15 is 0 Å². The van der Waals surface area contributed by atoms with E-state index in [-0.39, 0.29) is 142 Å². The second-order valence-corrected chi connectivity index (χ2v) is 4.20. The average Bonchev–Trinajstić information content (AvgIpc) is 2.04. The van der Waals surface area contributed by atoms with Gasteiger partial charge in [0.1, 0.15) is 0 Å². The van der Waals surface area contributed by atoms with E-state index in [9.17, 15) is 0 Å². The van der Waals surface area contributed by atoms with E-state index in [2.05, 4.69) is 41.5 Å². The van der Waals surface area contributed by atoms with Crippen LogP contribution in [0.4, 0.5) is 0 Å². The summed E-state index contributed by atoms with van der Waals surface area (Å²) in [6.45, 7) is 21.1. The first-order chi connectivity index (χ1) is 5.83. The largest absolute Gasteiger partial charge is 0.391 e. The van der Waals surface area contributed by atoms with Crippen LogP contribution in [0.1, 0.15) is 26.7 Å². The molecule has 0 spiro atoms. The Labute approximate surface area is 209 Å². The Bertz CT molecular complexity index is 133. The second kappa shape index (κ2) is 16.7. The molecular weight excluding hydrogens is 516 g/mol. The Kier molecular flexibility index (Phi) is 32.6. The minimum Gasteiger partial charge on any atom is -0.391 e. The first-order valence-corrected chi connectivity index (χ1v) is 4.82. The molecular formula is C12H22OY4-4. The molecule has 0 heterocycles. The van der Waals surface area contributed by atoms with Gasteiger partial charge in [0, 0.05) is 131 Å². The van der Waals surface area contributed by atoms with Gasteiger partial charge in [0.25, 0.3) is 0 Å². The van der Waals surface area contributed by atoms with Gasteiger partial charge in [-0.2, -0.15) is 0 Å². The van der Waals surface area contributed by atoms with E-state index in [0.717, 1.165) is 12.8 Å². The summed E-state index contributed by atoms with van der Waals surface area (Å²) >= 11 is 0. The van der Waals surface area contributed by atoms with E-state index in [1.54, 1.807) is 0 Å². The summed E-state index contributed by atoms with van der Waals surface area (Å²) < 4.78 is 5.50. The summed E-state index contributed by atoms with van der Waals surface area (Å²) in [5.74, 6) is 0. The van der Waals surface area contributed by atoms with Gasteiger partial charge in [-0.3, -0.25) is 10.8 Å². The number of ether oxygens (including phenoxy) is 1. The molecule has 4 radical (unpaired) electrons. The Morgan fingerprint density at radius 2 is 0.941 bits per heavy atom. The van der Waals surface area contributed by atoms with Crippen molar-refractivity contribution in [3.05, 3.63) is 27.7 Å². The first kappa shape index (κ1) is 33.1. The van der Waals surface area contributed by atoms with Gasteiger partial charge in [-0.25, -0.2) is 0 Å². The molecule has 0 aromatic rings. The van der Waals surface area contributed by atoms with Crippen LogP contribution in [0.3, 0.4) is 0 Å². The predicted octanol–water partition coefficient (Wildman–Crippen LogP) is 3.12. The van der Waals surface area contributed by atoms with Gasteiger partial charge in [-0.1, -0.05) is 13.8 Å². The zero-order valence-electron chi connectivity index (χ0n) is 11.4. The zero-order chi connectivity index (χ0) is 10.5. The summed E-state index contributed by atoms with van der Waals surface area (Å²) in [5.41, 5.74) is -0.437. The summed E-state index contributed by atoms with van der Waals surface area (Å²) in [4.78, 5) is 0. The van der Waals surface area contributed by atoms with Crippen LogP contribution in [0, 0.1) is 38.5 Å². The van der Waals surface area contributed by atoms with E-state index < -0.39 is 0 Å². The number of hydrogen-bond donors (Lipinski definition) is 0. The topological polar surface area (TPSA) is 9.23 Å². The van der Waals surface area contributed by atoms with Gasteiger partial charge in [-0.05, 0) is 13.2 Å². The molecule has 0 aromatic heterocycles. The Morgan fingerprint density at radius 3 is 1.12 bits per heavy atom. The normalized spacial score (nSPS) is 10.2. The Balaban J connectivity index is -0.000000120. The maximum absolute atomic E-state index is 5.50. The van der Waals surface area contributed by atoms with Gasteiger partial charge >= 0.3 is 0 Å². The van der Waals surface area contributed by atoms with Crippen molar-refractivity contribution in [3.63, 3.8) is 0 Å². The van der Waals surface area contributed by atoms with E-state index in [0.29, 0.717) is 13.2 Å². The molecule has 0 rings (SSSR count). The summed E-state index contributed by atoms with van der Waals surface area (Å²) in [6, 6.07) is 0. The first-order valence-electron chi connectivity index (χ1n) is 4.82. The Hall–Kier alpha value is 4.38. The van der Waals surface area contributed by atoms with Gasteiger partial charge in [0.2, 0.25) is 0 Å². The van der Waals surface area contributed by atoms with Crippen molar-refractivity contribution in [2.24, 2.45) is 10.8 Å². The molecule has 0 aliphatic heterocycles. The average molecular weight is 538 g/mol. The maximum Gasteiger partial charge on any atom is 0 e. The molecule has 0 saturated heterocycles. The molecule has 0 amide bonds. The van der Waals surface area contributed by atoms with Crippen molar-refractivity contribution in [2.45, 2.75) is 26.7 Å². The minimum atomic E-state index is -0.218. The molecule has 17 heavy (non-hydrogen) atoms. The van der Waals surface area contributed by atoms with E-state index in [1.807, 2.05) is 0 Å². The van der Waals surface area contributed by atoms with Crippen molar-refractivity contribution in [1.82, 2.24) is 0 Å². The molecule has 0 unspecified atom stereocenters. The van der Waals surface area contributed by atoms with Crippen molar-refractivity contribution in [3.8, 4) is 0 Å². The summed E-state index contributed by atoms with van der Waals surface area (Å²) in [7, 11) is 0. The zero-order valence-corrected chi connectivity index (χ0v) is 22.7. The van der Waals surface area contributed by atoms with E-state index in [4.69, 9.17) is 4.74 Å². The van der Waals surface area contributed by atoms with Crippen LogP contribution in [-0.4, -0.2) is 13.2 Å². The summed E-state index contributed by atoms with van der Waals surface area (Å²) in [6.07, 6.45) is 1.83. The van der Waals surface area contributed by atoms with Gasteiger partial charge in [0.05, 0.1) is 0 Å². The molecule has 0 aromatic carbocycles. The van der Waals surface area contributed by atoms with E-state index in [1.165, 1.54) is 0 Å². The van der Waals surface area contributed by atoms with Crippen LogP contribution in [0.25, 0.3) is 0 Å². The molecule has 0 saturated carbocycles. The van der Waals surface area contributed by atoms with Crippen molar-refractivity contribution in [2.75, 3.05) is 13.2 Å². The third-order valence-electron chi connectivity index (χ3n) is 2.32. The number of rotatable bonds is 6. The van der Waals surface area contributed by atoms with Crippen molar-refractivity contribution in [1.29, 1.82) is 0 Å². The molecule has 0 aliphatic carbocycles. The molecule has 0 bridgehead atoms. The molecule has 0 aliphatic rings. The van der Waals surface area contributed by atoms with Crippen LogP contribution in [0.15, 0.2) is 0 Å². The quantitative estimate of drug-likeness (QED) is 0.473. The van der Waals surface area contributed by atoms with Crippen LogP contribution in [0.2, 0.25) is 0 Å². The van der Waals surface area contributed by atoms with Crippen LogP contribution >= 0.6 is 0 Å². The molecule has 0 N–H and O–H groups in total. The maximum atomic E-state index is 5.50. The Morgan fingerprint density at radius 1 is 0.706 bits per heavy atom. The minimum absolute atomic E-state index is 0. The van der Waals surface area contributed by atoms with Gasteiger partial charge in [0.15, 0.2) is 0 Å². The second-order valence-electron chi connectivity index (χ2n) is 4.20. The third-order valence-corrected chi connectivity index (χ3v) is 2.32. The monoisotopic (exact) mass is 538 g/mol. The van der Waals surface area contributed by atoms with Crippen molar-refractivity contribution < 1.29 is 136 Å². The molecule has 0 atom stereocenters. The summed E-state index contributed by atoms with van der Waals surface area (Å²) in [5, 5.41) is 0. The predicted molar refractivity (Wildman–Crippen MR) is 57.7 cm³/mol. The molecule has 0 fully saturated rings. The van der Waals surface area contributed by atoms with Crippen LogP contribution < -0.4 is 0 Å². The standard InChI is InChI=1S/C12H22O.4Y/c1-7-11(3,4)9-13-10-12(5,6)8-2;;;;/h3-10H2,1-2H3;;;;/q-4;;;;. The van der Waals surface area contributed by atoms with Crippen LogP contribution in [0.5, 0.6) is 0 Å². The smallest absolute Gasteiger partial charge is 0 e. The number of hydrogen-bond acceptors (Lipinski definition) is 1. The molecule has 5 heteroatoms. The van der Waals surface area contributed by atoms with Gasteiger partial charge < -0.3 is 32.4 Å².